The second-order valence-corrected chi connectivity index (χ2v) is 6.53. The van der Waals surface area contributed by atoms with Gasteiger partial charge in [0.2, 0.25) is 5.95 Å². The van der Waals surface area contributed by atoms with Gasteiger partial charge in [0.1, 0.15) is 5.52 Å². The number of rotatable bonds is 5. The molecule has 2 aromatic rings. The van der Waals surface area contributed by atoms with Crippen LogP contribution in [-0.2, 0) is 0 Å². The van der Waals surface area contributed by atoms with E-state index in [4.69, 9.17) is 0 Å². The van der Waals surface area contributed by atoms with Crippen molar-refractivity contribution in [1.29, 1.82) is 0 Å². The van der Waals surface area contributed by atoms with Crippen molar-refractivity contribution in [3.63, 3.8) is 0 Å². The number of nitrogens with one attached hydrogen (secondary N) is 3. The van der Waals surface area contributed by atoms with Gasteiger partial charge in [0.05, 0.1) is 6.33 Å². The quantitative estimate of drug-likeness (QED) is 0.788. The van der Waals surface area contributed by atoms with Gasteiger partial charge < -0.3 is 15.6 Å². The van der Waals surface area contributed by atoms with Gasteiger partial charge in [0.15, 0.2) is 11.5 Å². The Morgan fingerprint density at radius 3 is 3.10 bits per heavy atom. The molecule has 1 aliphatic rings. The fourth-order valence-electron chi connectivity index (χ4n) is 2.86. The van der Waals surface area contributed by atoms with Crippen LogP contribution in [0, 0.1) is 0 Å². The molecular weight excluding hydrogens is 284 g/mol. The van der Waals surface area contributed by atoms with Crippen molar-refractivity contribution in [2.45, 2.75) is 43.9 Å². The van der Waals surface area contributed by atoms with E-state index < -0.39 is 0 Å². The second-order valence-electron chi connectivity index (χ2n) is 5.39. The van der Waals surface area contributed by atoms with Crippen LogP contribution in [0.5, 0.6) is 0 Å². The minimum Gasteiger partial charge on any atom is -0.365 e. The molecule has 2 heterocycles. The highest BCUT2D eigenvalue weighted by Crippen LogP contribution is 2.29. The molecule has 0 bridgehead atoms. The van der Waals surface area contributed by atoms with Crippen molar-refractivity contribution in [2.75, 3.05) is 23.4 Å². The Morgan fingerprint density at radius 1 is 1.38 bits per heavy atom. The maximum absolute atomic E-state index is 4.60. The Labute approximate surface area is 128 Å². The summed E-state index contributed by atoms with van der Waals surface area (Å²) < 4.78 is 0. The van der Waals surface area contributed by atoms with Gasteiger partial charge in [0.25, 0.3) is 0 Å². The van der Waals surface area contributed by atoms with Gasteiger partial charge in [-0.3, -0.25) is 0 Å². The molecule has 0 saturated heterocycles. The number of aromatic amines is 1. The molecular formula is C14H22N6S. The minimum atomic E-state index is 0.479. The first-order valence-corrected chi connectivity index (χ1v) is 8.83. The van der Waals surface area contributed by atoms with Crippen molar-refractivity contribution in [3.05, 3.63) is 6.33 Å². The van der Waals surface area contributed by atoms with E-state index in [9.17, 15) is 0 Å². The van der Waals surface area contributed by atoms with Gasteiger partial charge in [-0.15, -0.1) is 0 Å². The number of imidazole rings is 1. The lowest BCUT2D eigenvalue weighted by Gasteiger charge is -2.29. The Kier molecular flexibility index (Phi) is 4.48. The first-order valence-electron chi connectivity index (χ1n) is 7.54. The third kappa shape index (κ3) is 3.23. The summed E-state index contributed by atoms with van der Waals surface area (Å²) in [5, 5.41) is 7.52. The highest BCUT2D eigenvalue weighted by Gasteiger charge is 2.22. The zero-order chi connectivity index (χ0) is 14.7. The first kappa shape index (κ1) is 14.4. The lowest BCUT2D eigenvalue weighted by Crippen LogP contribution is -2.29. The Morgan fingerprint density at radius 2 is 2.29 bits per heavy atom. The van der Waals surface area contributed by atoms with Crippen LogP contribution in [0.15, 0.2) is 6.33 Å². The van der Waals surface area contributed by atoms with Gasteiger partial charge in [-0.05, 0) is 32.4 Å². The van der Waals surface area contributed by atoms with E-state index in [0.29, 0.717) is 17.6 Å². The maximum atomic E-state index is 4.60. The molecule has 1 saturated carbocycles. The molecule has 0 amide bonds. The van der Waals surface area contributed by atoms with Crippen LogP contribution in [-0.4, -0.2) is 44.0 Å². The molecule has 21 heavy (non-hydrogen) atoms. The summed E-state index contributed by atoms with van der Waals surface area (Å²) in [6.07, 6.45) is 8.87. The zero-order valence-corrected chi connectivity index (χ0v) is 13.3. The van der Waals surface area contributed by atoms with E-state index in [-0.39, 0.29) is 0 Å². The third-order valence-corrected chi connectivity index (χ3v) is 5.02. The fourth-order valence-corrected chi connectivity index (χ4v) is 3.69. The summed E-state index contributed by atoms with van der Waals surface area (Å²) in [6, 6.07) is 0.479. The van der Waals surface area contributed by atoms with Crippen LogP contribution < -0.4 is 10.6 Å². The average Bonchev–Trinajstić information content (AvgIpc) is 2.96. The second kappa shape index (κ2) is 6.51. The summed E-state index contributed by atoms with van der Waals surface area (Å²) in [4.78, 5) is 16.4. The number of thioether (sulfide) groups is 1. The van der Waals surface area contributed by atoms with Crippen molar-refractivity contribution in [1.82, 2.24) is 19.9 Å². The number of fused-ring (bicyclic) bond motifs is 1. The number of hydrogen-bond acceptors (Lipinski definition) is 6. The molecule has 3 rings (SSSR count). The topological polar surface area (TPSA) is 78.5 Å². The standard InChI is InChI=1S/C14H22N6S/c1-3-15-14-19-12-11(16-8-17-12)13(20-14)18-9-5-4-6-10(7-9)21-2/h8-10H,3-7H2,1-2H3,(H3,15,16,17,18,19,20). The molecule has 114 valence electrons. The SMILES string of the molecule is CCNc1nc(NC2CCCC(SC)C2)c2[nH]cnc2n1. The molecule has 1 aliphatic carbocycles. The van der Waals surface area contributed by atoms with Crippen molar-refractivity contribution < 1.29 is 0 Å². The Balaban J connectivity index is 1.83. The van der Waals surface area contributed by atoms with Gasteiger partial charge in [-0.25, -0.2) is 4.98 Å². The molecule has 1 fully saturated rings. The van der Waals surface area contributed by atoms with Crippen LogP contribution in [0.4, 0.5) is 11.8 Å². The zero-order valence-electron chi connectivity index (χ0n) is 12.5. The lowest BCUT2D eigenvalue weighted by molar-refractivity contribution is 0.473. The van der Waals surface area contributed by atoms with E-state index in [0.717, 1.165) is 23.1 Å². The largest absolute Gasteiger partial charge is 0.365 e. The number of aromatic nitrogens is 4. The van der Waals surface area contributed by atoms with E-state index in [1.165, 1.54) is 25.7 Å². The van der Waals surface area contributed by atoms with E-state index in [1.54, 1.807) is 6.33 Å². The van der Waals surface area contributed by atoms with Gasteiger partial charge >= 0.3 is 0 Å². The van der Waals surface area contributed by atoms with Crippen LogP contribution in [0.3, 0.4) is 0 Å². The van der Waals surface area contributed by atoms with E-state index >= 15 is 0 Å². The van der Waals surface area contributed by atoms with Gasteiger partial charge in [-0.1, -0.05) is 6.42 Å². The van der Waals surface area contributed by atoms with Crippen LogP contribution in [0.2, 0.25) is 0 Å². The summed E-state index contributed by atoms with van der Waals surface area (Å²) in [5.74, 6) is 1.50. The smallest absolute Gasteiger partial charge is 0.226 e. The highest BCUT2D eigenvalue weighted by atomic mass is 32.2. The van der Waals surface area contributed by atoms with Crippen LogP contribution in [0.25, 0.3) is 11.2 Å². The molecule has 3 N–H and O–H groups in total. The summed E-state index contributed by atoms with van der Waals surface area (Å²) >= 11 is 1.97. The molecule has 0 radical (unpaired) electrons. The lowest BCUT2D eigenvalue weighted by atomic mass is 9.95. The van der Waals surface area contributed by atoms with Crippen molar-refractivity contribution in [2.24, 2.45) is 0 Å². The van der Waals surface area contributed by atoms with E-state index in [2.05, 4.69) is 36.8 Å². The monoisotopic (exact) mass is 306 g/mol. The summed E-state index contributed by atoms with van der Waals surface area (Å²) in [5.41, 5.74) is 1.60. The fraction of sp³-hybridized carbons (Fsp3) is 0.643. The molecule has 0 aromatic carbocycles. The summed E-state index contributed by atoms with van der Waals surface area (Å²) in [7, 11) is 0. The number of anilines is 2. The molecule has 2 unspecified atom stereocenters. The predicted molar refractivity (Wildman–Crippen MR) is 89.0 cm³/mol. The molecule has 0 spiro atoms. The van der Waals surface area contributed by atoms with Crippen LogP contribution >= 0.6 is 11.8 Å². The highest BCUT2D eigenvalue weighted by molar-refractivity contribution is 7.99. The number of nitrogens with zero attached hydrogens (tertiary/aromatic N) is 3. The van der Waals surface area contributed by atoms with Crippen molar-refractivity contribution in [3.8, 4) is 0 Å². The molecule has 2 atom stereocenters. The third-order valence-electron chi connectivity index (χ3n) is 3.92. The first-order chi connectivity index (χ1) is 10.3. The minimum absolute atomic E-state index is 0.479. The Bertz CT molecular complexity index is 598. The van der Waals surface area contributed by atoms with E-state index in [1.807, 2.05) is 18.7 Å². The normalized spacial score (nSPS) is 22.4. The molecule has 0 aliphatic heterocycles. The van der Waals surface area contributed by atoms with Gasteiger partial charge in [0, 0.05) is 17.8 Å². The number of hydrogen-bond donors (Lipinski definition) is 3. The number of H-pyrrole nitrogens is 1. The molecule has 2 aromatic heterocycles. The molecule has 6 nitrogen and oxygen atoms in total. The van der Waals surface area contributed by atoms with Crippen molar-refractivity contribution >= 4 is 34.7 Å². The van der Waals surface area contributed by atoms with Gasteiger partial charge in [-0.2, -0.15) is 21.7 Å². The predicted octanol–water partition coefficient (Wildman–Crippen LogP) is 2.87. The summed E-state index contributed by atoms with van der Waals surface area (Å²) in [6.45, 7) is 2.84. The van der Waals surface area contributed by atoms with Crippen LogP contribution in [0.1, 0.15) is 32.6 Å². The Hall–Kier alpha value is -1.50. The maximum Gasteiger partial charge on any atom is 0.226 e. The molecule has 7 heteroatoms. The average molecular weight is 306 g/mol.